The zero-order valence-corrected chi connectivity index (χ0v) is 13.9. The van der Waals surface area contributed by atoms with Crippen molar-refractivity contribution in [2.75, 3.05) is 13.7 Å². The molecule has 0 bridgehead atoms. The lowest BCUT2D eigenvalue weighted by Crippen LogP contribution is -2.47. The molecule has 0 unspecified atom stereocenters. The third-order valence-corrected chi connectivity index (χ3v) is 3.53. The van der Waals surface area contributed by atoms with Gasteiger partial charge in [-0.2, -0.15) is 0 Å². The van der Waals surface area contributed by atoms with E-state index >= 15 is 0 Å². The second kappa shape index (κ2) is 9.07. The van der Waals surface area contributed by atoms with E-state index in [4.69, 9.17) is 4.74 Å². The van der Waals surface area contributed by atoms with Crippen molar-refractivity contribution in [1.82, 2.24) is 10.2 Å². The molecule has 0 aliphatic heterocycles. The molecular weight excluding hydrogens is 280 g/mol. The molecule has 1 N–H and O–H groups in total. The molecule has 0 saturated heterocycles. The van der Waals surface area contributed by atoms with Crippen LogP contribution in [-0.2, 0) is 16.1 Å². The van der Waals surface area contributed by atoms with Crippen LogP contribution in [0.4, 0.5) is 0 Å². The minimum Gasteiger partial charge on any atom is -0.497 e. The van der Waals surface area contributed by atoms with Crippen molar-refractivity contribution in [1.29, 1.82) is 0 Å². The van der Waals surface area contributed by atoms with Gasteiger partial charge in [0.05, 0.1) is 7.11 Å². The number of methoxy groups -OCH3 is 1. The van der Waals surface area contributed by atoms with E-state index in [9.17, 15) is 9.59 Å². The second-order valence-electron chi connectivity index (χ2n) is 5.19. The number of ether oxygens (including phenoxy) is 1. The maximum absolute atomic E-state index is 12.2. The molecule has 5 nitrogen and oxygen atoms in total. The first-order chi connectivity index (χ1) is 10.5. The molecule has 0 radical (unpaired) electrons. The molecule has 1 aromatic carbocycles. The largest absolute Gasteiger partial charge is 0.497 e. The average Bonchev–Trinajstić information content (AvgIpc) is 2.56. The standard InChI is InChI=1S/C17H26N2O3/c1-5-11-18-17(21)13(3)19(16(20)6-2)12-14-7-9-15(22-4)10-8-14/h7-10,13H,5-6,11-12H2,1-4H3,(H,18,21)/t13-/m0/s1. The highest BCUT2D eigenvalue weighted by molar-refractivity contribution is 5.87. The minimum absolute atomic E-state index is 0.0324. The molecule has 22 heavy (non-hydrogen) atoms. The number of amides is 2. The topological polar surface area (TPSA) is 58.6 Å². The maximum atomic E-state index is 12.2. The molecule has 1 atom stereocenters. The molecule has 0 aromatic heterocycles. The van der Waals surface area contributed by atoms with Crippen molar-refractivity contribution < 1.29 is 14.3 Å². The number of hydrogen-bond acceptors (Lipinski definition) is 3. The molecule has 0 fully saturated rings. The summed E-state index contributed by atoms with van der Waals surface area (Å²) in [4.78, 5) is 25.9. The zero-order chi connectivity index (χ0) is 16.5. The van der Waals surface area contributed by atoms with Crippen molar-refractivity contribution in [3.8, 4) is 5.75 Å². The Bertz CT molecular complexity index is 485. The molecule has 2 amide bonds. The van der Waals surface area contributed by atoms with Gasteiger partial charge in [0, 0.05) is 19.5 Å². The van der Waals surface area contributed by atoms with Gasteiger partial charge in [0.15, 0.2) is 0 Å². The summed E-state index contributed by atoms with van der Waals surface area (Å²) in [6.07, 6.45) is 1.25. The fourth-order valence-electron chi connectivity index (χ4n) is 2.11. The number of nitrogens with zero attached hydrogens (tertiary/aromatic N) is 1. The van der Waals surface area contributed by atoms with Gasteiger partial charge in [0.1, 0.15) is 11.8 Å². The Morgan fingerprint density at radius 2 is 1.86 bits per heavy atom. The van der Waals surface area contributed by atoms with E-state index in [2.05, 4.69) is 5.32 Å². The minimum atomic E-state index is -0.485. The molecular formula is C17H26N2O3. The zero-order valence-electron chi connectivity index (χ0n) is 13.9. The number of carbonyl (C=O) groups excluding carboxylic acids is 2. The van der Waals surface area contributed by atoms with Gasteiger partial charge < -0.3 is 15.0 Å². The summed E-state index contributed by atoms with van der Waals surface area (Å²) in [6.45, 7) is 6.61. The quantitative estimate of drug-likeness (QED) is 0.802. The highest BCUT2D eigenvalue weighted by atomic mass is 16.5. The van der Waals surface area contributed by atoms with Gasteiger partial charge in [-0.25, -0.2) is 0 Å². The lowest BCUT2D eigenvalue weighted by atomic mass is 10.1. The Morgan fingerprint density at radius 3 is 2.36 bits per heavy atom. The normalized spacial score (nSPS) is 11.6. The summed E-state index contributed by atoms with van der Waals surface area (Å²) in [5.41, 5.74) is 0.970. The van der Waals surface area contributed by atoms with E-state index in [1.54, 1.807) is 25.9 Å². The Kier molecular flexibility index (Phi) is 7.43. The van der Waals surface area contributed by atoms with E-state index in [0.717, 1.165) is 17.7 Å². The van der Waals surface area contributed by atoms with Crippen molar-refractivity contribution in [3.05, 3.63) is 29.8 Å². The van der Waals surface area contributed by atoms with Gasteiger partial charge in [-0.1, -0.05) is 26.0 Å². The van der Waals surface area contributed by atoms with Crippen LogP contribution in [0.15, 0.2) is 24.3 Å². The van der Waals surface area contributed by atoms with Crippen LogP contribution in [0.5, 0.6) is 5.75 Å². The highest BCUT2D eigenvalue weighted by Crippen LogP contribution is 2.15. The van der Waals surface area contributed by atoms with Crippen LogP contribution in [0.25, 0.3) is 0 Å². The number of benzene rings is 1. The Morgan fingerprint density at radius 1 is 1.23 bits per heavy atom. The lowest BCUT2D eigenvalue weighted by molar-refractivity contribution is -0.140. The molecule has 0 heterocycles. The first-order valence-corrected chi connectivity index (χ1v) is 7.73. The maximum Gasteiger partial charge on any atom is 0.242 e. The molecule has 1 aromatic rings. The number of hydrogen-bond donors (Lipinski definition) is 1. The van der Waals surface area contributed by atoms with E-state index < -0.39 is 6.04 Å². The molecule has 0 aliphatic carbocycles. The van der Waals surface area contributed by atoms with Crippen molar-refractivity contribution in [2.24, 2.45) is 0 Å². The highest BCUT2D eigenvalue weighted by Gasteiger charge is 2.24. The van der Waals surface area contributed by atoms with Gasteiger partial charge in [-0.15, -0.1) is 0 Å². The molecule has 0 saturated carbocycles. The summed E-state index contributed by atoms with van der Waals surface area (Å²) in [6, 6.07) is 7.04. The molecule has 5 heteroatoms. The number of carbonyl (C=O) groups is 2. The number of rotatable bonds is 8. The monoisotopic (exact) mass is 306 g/mol. The Labute approximate surface area is 132 Å². The SMILES string of the molecule is CCCNC(=O)[C@H](C)N(Cc1ccc(OC)cc1)C(=O)CC. The lowest BCUT2D eigenvalue weighted by Gasteiger charge is -2.28. The summed E-state index contributed by atoms with van der Waals surface area (Å²) in [5, 5.41) is 2.84. The Balaban J connectivity index is 2.83. The summed E-state index contributed by atoms with van der Waals surface area (Å²) < 4.78 is 5.13. The van der Waals surface area contributed by atoms with Crippen LogP contribution in [0.3, 0.4) is 0 Å². The molecule has 1 rings (SSSR count). The average molecular weight is 306 g/mol. The van der Waals surface area contributed by atoms with Crippen LogP contribution < -0.4 is 10.1 Å². The smallest absolute Gasteiger partial charge is 0.242 e. The summed E-state index contributed by atoms with van der Waals surface area (Å²) in [5.74, 6) is 0.623. The predicted octanol–water partition coefficient (Wildman–Crippen LogP) is 2.35. The van der Waals surface area contributed by atoms with Crippen LogP contribution >= 0.6 is 0 Å². The van der Waals surface area contributed by atoms with E-state index in [-0.39, 0.29) is 11.8 Å². The molecule has 122 valence electrons. The van der Waals surface area contributed by atoms with Crippen molar-refractivity contribution in [2.45, 2.75) is 46.2 Å². The van der Waals surface area contributed by atoms with Gasteiger partial charge in [0.2, 0.25) is 11.8 Å². The first-order valence-electron chi connectivity index (χ1n) is 7.73. The third kappa shape index (κ3) is 5.06. The molecule has 0 spiro atoms. The van der Waals surface area contributed by atoms with Gasteiger partial charge >= 0.3 is 0 Å². The van der Waals surface area contributed by atoms with Crippen molar-refractivity contribution in [3.63, 3.8) is 0 Å². The second-order valence-corrected chi connectivity index (χ2v) is 5.19. The predicted molar refractivity (Wildman–Crippen MR) is 86.6 cm³/mol. The fourth-order valence-corrected chi connectivity index (χ4v) is 2.11. The van der Waals surface area contributed by atoms with Crippen LogP contribution in [-0.4, -0.2) is 36.4 Å². The summed E-state index contributed by atoms with van der Waals surface area (Å²) >= 11 is 0. The van der Waals surface area contributed by atoms with E-state index in [1.807, 2.05) is 31.2 Å². The van der Waals surface area contributed by atoms with E-state index in [0.29, 0.717) is 19.5 Å². The number of nitrogens with one attached hydrogen (secondary N) is 1. The molecule has 0 aliphatic rings. The fraction of sp³-hybridized carbons (Fsp3) is 0.529. The van der Waals surface area contributed by atoms with Crippen molar-refractivity contribution >= 4 is 11.8 Å². The third-order valence-electron chi connectivity index (χ3n) is 3.53. The van der Waals surface area contributed by atoms with E-state index in [1.165, 1.54) is 0 Å². The van der Waals surface area contributed by atoms with Gasteiger partial charge in [0.25, 0.3) is 0 Å². The Hall–Kier alpha value is -2.04. The summed E-state index contributed by atoms with van der Waals surface area (Å²) in [7, 11) is 1.61. The first kappa shape index (κ1) is 18.0. The van der Waals surface area contributed by atoms with Gasteiger partial charge in [-0.05, 0) is 31.0 Å². The van der Waals surface area contributed by atoms with Crippen LogP contribution in [0, 0.1) is 0 Å². The van der Waals surface area contributed by atoms with Gasteiger partial charge in [-0.3, -0.25) is 9.59 Å². The van der Waals surface area contributed by atoms with Crippen LogP contribution in [0.2, 0.25) is 0 Å². The van der Waals surface area contributed by atoms with Crippen LogP contribution in [0.1, 0.15) is 39.2 Å².